The third-order valence-electron chi connectivity index (χ3n) is 3.89. The fourth-order valence-corrected chi connectivity index (χ4v) is 2.40. The van der Waals surface area contributed by atoms with E-state index >= 15 is 0 Å². The molecule has 1 aliphatic heterocycles. The van der Waals surface area contributed by atoms with Crippen molar-refractivity contribution in [2.45, 2.75) is 45.2 Å². The van der Waals surface area contributed by atoms with Crippen molar-refractivity contribution in [1.82, 2.24) is 15.5 Å². The van der Waals surface area contributed by atoms with Crippen LogP contribution in [0.5, 0.6) is 0 Å². The maximum Gasteiger partial charge on any atom is 0.244 e. The van der Waals surface area contributed by atoms with Crippen molar-refractivity contribution in [3.63, 3.8) is 0 Å². The van der Waals surface area contributed by atoms with E-state index in [1.165, 1.54) is 11.1 Å². The van der Waals surface area contributed by atoms with Crippen LogP contribution in [0.1, 0.15) is 55.1 Å². The molecule has 4 nitrogen and oxygen atoms in total. The van der Waals surface area contributed by atoms with Gasteiger partial charge in [0.2, 0.25) is 5.89 Å². The molecule has 0 fully saturated rings. The molecule has 0 bridgehead atoms. The molecule has 19 heavy (non-hydrogen) atoms. The van der Waals surface area contributed by atoms with Gasteiger partial charge in [0.15, 0.2) is 5.82 Å². The zero-order chi connectivity index (χ0) is 13.2. The fourth-order valence-electron chi connectivity index (χ4n) is 2.40. The smallest absolute Gasteiger partial charge is 0.244 e. The molecule has 1 aromatic heterocycles. The van der Waals surface area contributed by atoms with Crippen molar-refractivity contribution >= 4 is 0 Å². The van der Waals surface area contributed by atoms with Crippen LogP contribution in [0.2, 0.25) is 0 Å². The molecule has 0 radical (unpaired) electrons. The van der Waals surface area contributed by atoms with Gasteiger partial charge in [0.1, 0.15) is 0 Å². The van der Waals surface area contributed by atoms with Crippen molar-refractivity contribution in [3.8, 4) is 0 Å². The summed E-state index contributed by atoms with van der Waals surface area (Å²) in [6, 6.07) is 8.64. The van der Waals surface area contributed by atoms with E-state index in [9.17, 15) is 0 Å². The van der Waals surface area contributed by atoms with E-state index in [4.69, 9.17) is 4.52 Å². The summed E-state index contributed by atoms with van der Waals surface area (Å²) in [7, 11) is 0. The van der Waals surface area contributed by atoms with Gasteiger partial charge in [-0.3, -0.25) is 0 Å². The van der Waals surface area contributed by atoms with Crippen LogP contribution in [0.4, 0.5) is 0 Å². The first kappa shape index (κ1) is 12.4. The largest absolute Gasteiger partial charge is 0.338 e. The number of fused-ring (bicyclic) bond motifs is 1. The van der Waals surface area contributed by atoms with Crippen LogP contribution < -0.4 is 5.32 Å². The summed E-state index contributed by atoms with van der Waals surface area (Å²) in [5.74, 6) is 1.89. The lowest BCUT2D eigenvalue weighted by atomic mass is 9.96. The molecule has 4 heteroatoms. The summed E-state index contributed by atoms with van der Waals surface area (Å²) < 4.78 is 5.42. The van der Waals surface area contributed by atoms with E-state index in [0.29, 0.717) is 11.8 Å². The molecule has 0 aliphatic carbocycles. The van der Waals surface area contributed by atoms with Gasteiger partial charge in [-0.2, -0.15) is 4.98 Å². The van der Waals surface area contributed by atoms with Crippen molar-refractivity contribution in [2.24, 2.45) is 0 Å². The van der Waals surface area contributed by atoms with E-state index in [-0.39, 0.29) is 6.04 Å². The summed E-state index contributed by atoms with van der Waals surface area (Å²) >= 11 is 0. The van der Waals surface area contributed by atoms with Gasteiger partial charge < -0.3 is 9.84 Å². The second-order valence-electron chi connectivity index (χ2n) is 5.21. The Morgan fingerprint density at radius 1 is 1.37 bits per heavy atom. The Labute approximate surface area is 113 Å². The molecule has 0 saturated carbocycles. The Kier molecular flexibility index (Phi) is 3.34. The number of aromatic nitrogens is 2. The number of nitrogens with one attached hydrogen (secondary N) is 1. The highest BCUT2D eigenvalue weighted by Gasteiger charge is 2.24. The lowest BCUT2D eigenvalue weighted by molar-refractivity contribution is 0.317. The molecule has 1 unspecified atom stereocenters. The van der Waals surface area contributed by atoms with Crippen LogP contribution in [-0.4, -0.2) is 10.1 Å². The maximum absolute atomic E-state index is 5.42. The number of benzene rings is 1. The van der Waals surface area contributed by atoms with Crippen LogP contribution in [0.15, 0.2) is 28.8 Å². The minimum atomic E-state index is 0.139. The second kappa shape index (κ2) is 5.13. The van der Waals surface area contributed by atoms with Crippen LogP contribution in [0.3, 0.4) is 0 Å². The molecular weight excluding hydrogens is 238 g/mol. The van der Waals surface area contributed by atoms with Crippen molar-refractivity contribution in [2.75, 3.05) is 0 Å². The average molecular weight is 257 g/mol. The maximum atomic E-state index is 5.42. The molecule has 3 rings (SSSR count). The molecule has 1 aliphatic rings. The Hall–Kier alpha value is -1.68. The molecule has 2 aromatic rings. The van der Waals surface area contributed by atoms with Gasteiger partial charge in [0, 0.05) is 12.5 Å². The third-order valence-corrected chi connectivity index (χ3v) is 3.89. The summed E-state index contributed by atoms with van der Waals surface area (Å²) in [5, 5.41) is 7.56. The molecule has 1 aromatic carbocycles. The van der Waals surface area contributed by atoms with Gasteiger partial charge in [-0.25, -0.2) is 0 Å². The predicted molar refractivity (Wildman–Crippen MR) is 72.7 cm³/mol. The molecule has 2 heterocycles. The van der Waals surface area contributed by atoms with Gasteiger partial charge in [0.05, 0.1) is 6.04 Å². The van der Waals surface area contributed by atoms with Crippen LogP contribution in [0, 0.1) is 0 Å². The molecule has 100 valence electrons. The highest BCUT2D eigenvalue weighted by molar-refractivity contribution is 5.30. The summed E-state index contributed by atoms with van der Waals surface area (Å²) in [6.45, 7) is 5.12. The highest BCUT2D eigenvalue weighted by atomic mass is 16.5. The van der Waals surface area contributed by atoms with E-state index in [2.05, 4.69) is 53.6 Å². The first-order chi connectivity index (χ1) is 9.28. The summed E-state index contributed by atoms with van der Waals surface area (Å²) in [5.41, 5.74) is 2.73. The number of rotatable bonds is 3. The van der Waals surface area contributed by atoms with E-state index in [1.807, 2.05) is 0 Å². The fraction of sp³-hybridized carbons (Fsp3) is 0.467. The summed E-state index contributed by atoms with van der Waals surface area (Å²) in [4.78, 5) is 4.54. The van der Waals surface area contributed by atoms with Gasteiger partial charge >= 0.3 is 0 Å². The Morgan fingerprint density at radius 3 is 2.95 bits per heavy atom. The zero-order valence-electron chi connectivity index (χ0n) is 11.4. The van der Waals surface area contributed by atoms with Gasteiger partial charge in [-0.05, 0) is 24.0 Å². The molecule has 0 spiro atoms. The average Bonchev–Trinajstić information content (AvgIpc) is 2.95. The third kappa shape index (κ3) is 2.40. The topological polar surface area (TPSA) is 51.0 Å². The molecule has 0 saturated heterocycles. The Morgan fingerprint density at radius 2 is 2.16 bits per heavy atom. The zero-order valence-corrected chi connectivity index (χ0v) is 11.4. The predicted octanol–water partition coefficient (Wildman–Crippen LogP) is 2.97. The molecular formula is C15H19N3O. The van der Waals surface area contributed by atoms with Crippen LogP contribution in [-0.2, 0) is 13.0 Å². The quantitative estimate of drug-likeness (QED) is 0.918. The Balaban J connectivity index is 1.79. The molecule has 1 N–H and O–H groups in total. The Bertz CT molecular complexity index is 564. The molecule has 0 amide bonds. The monoisotopic (exact) mass is 257 g/mol. The van der Waals surface area contributed by atoms with Gasteiger partial charge in [-0.1, -0.05) is 43.3 Å². The minimum absolute atomic E-state index is 0.139. The van der Waals surface area contributed by atoms with E-state index in [1.54, 1.807) is 0 Å². The van der Waals surface area contributed by atoms with Crippen LogP contribution >= 0.6 is 0 Å². The van der Waals surface area contributed by atoms with Crippen molar-refractivity contribution in [3.05, 3.63) is 47.1 Å². The van der Waals surface area contributed by atoms with Crippen LogP contribution in [0.25, 0.3) is 0 Å². The SMILES string of the molecule is CCC(C)c1noc([C@H]2Cc3ccccc3CN2)n1. The first-order valence-electron chi connectivity index (χ1n) is 6.91. The first-order valence-corrected chi connectivity index (χ1v) is 6.91. The molecule has 2 atom stereocenters. The second-order valence-corrected chi connectivity index (χ2v) is 5.21. The van der Waals surface area contributed by atoms with Gasteiger partial charge in [0.25, 0.3) is 0 Å². The lowest BCUT2D eigenvalue weighted by Crippen LogP contribution is -2.28. The van der Waals surface area contributed by atoms with E-state index in [0.717, 1.165) is 25.2 Å². The van der Waals surface area contributed by atoms with Crippen molar-refractivity contribution in [1.29, 1.82) is 0 Å². The number of hydrogen-bond acceptors (Lipinski definition) is 4. The lowest BCUT2D eigenvalue weighted by Gasteiger charge is -2.23. The van der Waals surface area contributed by atoms with E-state index < -0.39 is 0 Å². The normalized spacial score (nSPS) is 20.0. The van der Waals surface area contributed by atoms with Crippen molar-refractivity contribution < 1.29 is 4.52 Å². The standard InChI is InChI=1S/C15H19N3O/c1-3-10(2)14-17-15(19-18-14)13-8-11-6-4-5-7-12(11)9-16-13/h4-7,10,13,16H,3,8-9H2,1-2H3/t10?,13-/m1/s1. The number of nitrogens with zero attached hydrogens (tertiary/aromatic N) is 2. The highest BCUT2D eigenvalue weighted by Crippen LogP contribution is 2.26. The number of hydrogen-bond donors (Lipinski definition) is 1. The summed E-state index contributed by atoms with van der Waals surface area (Å²) in [6.07, 6.45) is 1.94. The van der Waals surface area contributed by atoms with Gasteiger partial charge in [-0.15, -0.1) is 0 Å². The minimum Gasteiger partial charge on any atom is -0.338 e.